The molecule has 0 saturated carbocycles. The second kappa shape index (κ2) is 7.33. The Morgan fingerprint density at radius 2 is 2.15 bits per heavy atom. The Balaban J connectivity index is 2.19. The lowest BCUT2D eigenvalue weighted by Crippen LogP contribution is -2.36. The zero-order valence-corrected chi connectivity index (χ0v) is 13.5. The summed E-state index contributed by atoms with van der Waals surface area (Å²) in [4.78, 5) is 0. The van der Waals surface area contributed by atoms with Gasteiger partial charge in [-0.15, -0.1) is 0 Å². The van der Waals surface area contributed by atoms with Crippen molar-refractivity contribution >= 4 is 11.6 Å². The van der Waals surface area contributed by atoms with Crippen LogP contribution < -0.4 is 10.1 Å². The molecule has 1 aromatic carbocycles. The third-order valence-corrected chi connectivity index (χ3v) is 4.35. The van der Waals surface area contributed by atoms with Crippen molar-refractivity contribution in [2.24, 2.45) is 5.92 Å². The molecule has 3 atom stereocenters. The first-order chi connectivity index (χ1) is 9.65. The van der Waals surface area contributed by atoms with Crippen LogP contribution in [-0.2, 0) is 0 Å². The largest absolute Gasteiger partial charge is 0.490 e. The van der Waals surface area contributed by atoms with Crippen LogP contribution in [0.15, 0.2) is 18.2 Å². The van der Waals surface area contributed by atoms with Gasteiger partial charge in [-0.05, 0) is 43.5 Å². The van der Waals surface area contributed by atoms with Gasteiger partial charge in [0.1, 0.15) is 11.9 Å². The number of hydrogen-bond donors (Lipinski definition) is 1. The average Bonchev–Trinajstić information content (AvgIpc) is 2.45. The van der Waals surface area contributed by atoms with Crippen molar-refractivity contribution in [2.75, 3.05) is 6.54 Å². The summed E-state index contributed by atoms with van der Waals surface area (Å²) in [5, 5.41) is 4.43. The van der Waals surface area contributed by atoms with Gasteiger partial charge < -0.3 is 10.1 Å². The molecule has 0 aromatic heterocycles. The molecule has 0 amide bonds. The number of benzene rings is 1. The standard InChI is InChI=1S/C17H26ClNO/c1-4-6-12(3)17-11-15(19-9-5-2)14-10-13(18)7-8-16(14)20-17/h7-8,10,12,15,17,19H,4-6,9,11H2,1-3H3. The maximum atomic E-state index is 6.21. The van der Waals surface area contributed by atoms with Crippen molar-refractivity contribution in [1.82, 2.24) is 5.32 Å². The van der Waals surface area contributed by atoms with E-state index in [0.29, 0.717) is 18.1 Å². The Hall–Kier alpha value is -0.730. The quantitative estimate of drug-likeness (QED) is 0.800. The fourth-order valence-corrected chi connectivity index (χ4v) is 3.15. The molecule has 20 heavy (non-hydrogen) atoms. The molecule has 0 aliphatic carbocycles. The molecule has 0 bridgehead atoms. The van der Waals surface area contributed by atoms with E-state index in [0.717, 1.165) is 30.2 Å². The summed E-state index contributed by atoms with van der Waals surface area (Å²) in [7, 11) is 0. The number of rotatable bonds is 6. The van der Waals surface area contributed by atoms with E-state index in [1.807, 2.05) is 18.2 Å². The Bertz CT molecular complexity index is 435. The first-order valence-electron chi connectivity index (χ1n) is 7.85. The monoisotopic (exact) mass is 295 g/mol. The predicted molar refractivity (Wildman–Crippen MR) is 85.6 cm³/mol. The number of ether oxygens (including phenoxy) is 1. The van der Waals surface area contributed by atoms with Crippen LogP contribution in [0.3, 0.4) is 0 Å². The zero-order valence-electron chi connectivity index (χ0n) is 12.8. The molecule has 0 saturated heterocycles. The van der Waals surface area contributed by atoms with Gasteiger partial charge in [0.05, 0.1) is 0 Å². The highest BCUT2D eigenvalue weighted by atomic mass is 35.5. The van der Waals surface area contributed by atoms with Gasteiger partial charge in [0.25, 0.3) is 0 Å². The molecule has 3 unspecified atom stereocenters. The van der Waals surface area contributed by atoms with Gasteiger partial charge in [-0.2, -0.15) is 0 Å². The van der Waals surface area contributed by atoms with Crippen molar-refractivity contribution < 1.29 is 4.74 Å². The average molecular weight is 296 g/mol. The predicted octanol–water partition coefficient (Wildman–Crippen LogP) is 4.97. The Labute approximate surface area is 127 Å². The topological polar surface area (TPSA) is 21.3 Å². The van der Waals surface area contributed by atoms with Gasteiger partial charge >= 0.3 is 0 Å². The summed E-state index contributed by atoms with van der Waals surface area (Å²) in [5.74, 6) is 1.59. The van der Waals surface area contributed by atoms with Gasteiger partial charge in [-0.1, -0.05) is 38.8 Å². The van der Waals surface area contributed by atoms with E-state index < -0.39 is 0 Å². The van der Waals surface area contributed by atoms with Crippen molar-refractivity contribution in [2.45, 2.75) is 58.6 Å². The SMILES string of the molecule is CCCNC1CC(C(C)CCC)Oc2ccc(Cl)cc21. The molecule has 0 radical (unpaired) electrons. The lowest BCUT2D eigenvalue weighted by molar-refractivity contribution is 0.0954. The molecular formula is C17H26ClNO. The third-order valence-electron chi connectivity index (χ3n) is 4.11. The molecule has 1 aliphatic rings. The molecule has 0 fully saturated rings. The summed E-state index contributed by atoms with van der Waals surface area (Å²) in [6, 6.07) is 6.35. The molecule has 2 rings (SSSR count). The fraction of sp³-hybridized carbons (Fsp3) is 0.647. The van der Waals surface area contributed by atoms with Crippen LogP contribution in [0.2, 0.25) is 5.02 Å². The van der Waals surface area contributed by atoms with Crippen LogP contribution in [0.4, 0.5) is 0 Å². The smallest absolute Gasteiger partial charge is 0.124 e. The van der Waals surface area contributed by atoms with Crippen LogP contribution >= 0.6 is 11.6 Å². The van der Waals surface area contributed by atoms with Crippen LogP contribution in [0, 0.1) is 5.92 Å². The van der Waals surface area contributed by atoms with Gasteiger partial charge in [0.2, 0.25) is 0 Å². The van der Waals surface area contributed by atoms with Gasteiger partial charge in [0.15, 0.2) is 0 Å². The summed E-state index contributed by atoms with van der Waals surface area (Å²) in [5.41, 5.74) is 1.21. The van der Waals surface area contributed by atoms with Crippen LogP contribution in [-0.4, -0.2) is 12.6 Å². The normalized spacial score (nSPS) is 23.0. The number of hydrogen-bond acceptors (Lipinski definition) is 2. The highest BCUT2D eigenvalue weighted by Crippen LogP contribution is 2.39. The van der Waals surface area contributed by atoms with E-state index in [4.69, 9.17) is 16.3 Å². The maximum absolute atomic E-state index is 6.21. The Morgan fingerprint density at radius 3 is 2.85 bits per heavy atom. The minimum absolute atomic E-state index is 0.304. The van der Waals surface area contributed by atoms with Crippen molar-refractivity contribution in [3.8, 4) is 5.75 Å². The molecule has 1 heterocycles. The van der Waals surface area contributed by atoms with Crippen molar-refractivity contribution in [3.05, 3.63) is 28.8 Å². The lowest BCUT2D eigenvalue weighted by atomic mass is 9.88. The van der Waals surface area contributed by atoms with Crippen LogP contribution in [0.5, 0.6) is 5.75 Å². The molecule has 1 aliphatic heterocycles. The molecule has 0 spiro atoms. The highest BCUT2D eigenvalue weighted by molar-refractivity contribution is 6.30. The minimum Gasteiger partial charge on any atom is -0.490 e. The molecule has 3 heteroatoms. The number of nitrogens with one attached hydrogen (secondary N) is 1. The summed E-state index contributed by atoms with van der Waals surface area (Å²) < 4.78 is 6.21. The first kappa shape index (κ1) is 15.7. The van der Waals surface area contributed by atoms with E-state index in [9.17, 15) is 0 Å². The second-order valence-corrected chi connectivity index (χ2v) is 6.28. The molecule has 1 N–H and O–H groups in total. The zero-order chi connectivity index (χ0) is 14.5. The molecule has 2 nitrogen and oxygen atoms in total. The summed E-state index contributed by atoms with van der Waals surface area (Å²) in [6.45, 7) is 7.76. The molecule has 1 aromatic rings. The summed E-state index contributed by atoms with van der Waals surface area (Å²) >= 11 is 6.14. The first-order valence-corrected chi connectivity index (χ1v) is 8.23. The van der Waals surface area contributed by atoms with Crippen molar-refractivity contribution in [1.29, 1.82) is 0 Å². The van der Waals surface area contributed by atoms with E-state index in [-0.39, 0.29) is 0 Å². The van der Waals surface area contributed by atoms with Crippen LogP contribution in [0.25, 0.3) is 0 Å². The minimum atomic E-state index is 0.304. The van der Waals surface area contributed by atoms with Gasteiger partial charge in [0, 0.05) is 23.0 Å². The second-order valence-electron chi connectivity index (χ2n) is 5.85. The van der Waals surface area contributed by atoms with Crippen molar-refractivity contribution in [3.63, 3.8) is 0 Å². The fourth-order valence-electron chi connectivity index (χ4n) is 2.97. The number of halogens is 1. The Kier molecular flexibility index (Phi) is 5.74. The summed E-state index contributed by atoms with van der Waals surface area (Å²) in [6.07, 6.45) is 4.91. The molecular weight excluding hydrogens is 270 g/mol. The van der Waals surface area contributed by atoms with E-state index in [2.05, 4.69) is 26.1 Å². The third kappa shape index (κ3) is 3.67. The van der Waals surface area contributed by atoms with E-state index in [1.54, 1.807) is 0 Å². The maximum Gasteiger partial charge on any atom is 0.124 e. The van der Waals surface area contributed by atoms with E-state index in [1.165, 1.54) is 18.4 Å². The van der Waals surface area contributed by atoms with Gasteiger partial charge in [-0.3, -0.25) is 0 Å². The van der Waals surface area contributed by atoms with E-state index >= 15 is 0 Å². The lowest BCUT2D eigenvalue weighted by Gasteiger charge is -2.36. The highest BCUT2D eigenvalue weighted by Gasteiger charge is 2.31. The Morgan fingerprint density at radius 1 is 1.35 bits per heavy atom. The van der Waals surface area contributed by atoms with Gasteiger partial charge in [-0.25, -0.2) is 0 Å². The van der Waals surface area contributed by atoms with Crippen LogP contribution in [0.1, 0.15) is 58.1 Å². The molecule has 112 valence electrons. The number of fused-ring (bicyclic) bond motifs is 1.